The molecule has 1 rings (SSSR count). The minimum atomic E-state index is -1.09. The van der Waals surface area contributed by atoms with Crippen LogP contribution < -0.4 is 5.32 Å². The molecule has 0 saturated heterocycles. The van der Waals surface area contributed by atoms with Crippen molar-refractivity contribution in [3.63, 3.8) is 0 Å². The summed E-state index contributed by atoms with van der Waals surface area (Å²) < 4.78 is 0. The number of carboxylic acid groups (broad SMARTS) is 1. The quantitative estimate of drug-likeness (QED) is 0.672. The highest BCUT2D eigenvalue weighted by Gasteiger charge is 2.40. The summed E-state index contributed by atoms with van der Waals surface area (Å²) in [4.78, 5) is 23.4. The molecule has 0 fully saturated rings. The van der Waals surface area contributed by atoms with Gasteiger partial charge in [-0.15, -0.1) is 0 Å². The first kappa shape index (κ1) is 15.7. The zero-order valence-electron chi connectivity index (χ0n) is 11.9. The second-order valence-electron chi connectivity index (χ2n) is 6.17. The Labute approximate surface area is 113 Å². The van der Waals surface area contributed by atoms with E-state index in [2.05, 4.69) is 5.32 Å². The van der Waals surface area contributed by atoms with Crippen molar-refractivity contribution in [2.75, 3.05) is 0 Å². The zero-order valence-corrected chi connectivity index (χ0v) is 11.9. The SMILES string of the molecule is CC(C)(O)C(C)(C)NC(=O)[C@@H]1CC=CC[C@@H]1C(=O)O. The van der Waals surface area contributed by atoms with E-state index in [4.69, 9.17) is 5.11 Å². The largest absolute Gasteiger partial charge is 0.481 e. The summed E-state index contributed by atoms with van der Waals surface area (Å²) in [6, 6.07) is 0. The van der Waals surface area contributed by atoms with Crippen molar-refractivity contribution in [1.29, 1.82) is 0 Å². The minimum Gasteiger partial charge on any atom is -0.481 e. The fourth-order valence-electron chi connectivity index (χ4n) is 1.93. The smallest absolute Gasteiger partial charge is 0.307 e. The lowest BCUT2D eigenvalue weighted by atomic mass is 9.80. The van der Waals surface area contributed by atoms with Gasteiger partial charge in [-0.05, 0) is 40.5 Å². The molecule has 0 radical (unpaired) electrons. The number of hydrogen-bond donors (Lipinski definition) is 3. The molecule has 0 bridgehead atoms. The summed E-state index contributed by atoms with van der Waals surface area (Å²) in [6.45, 7) is 6.67. The van der Waals surface area contributed by atoms with Gasteiger partial charge in [0.1, 0.15) is 0 Å². The van der Waals surface area contributed by atoms with Gasteiger partial charge in [0, 0.05) is 0 Å². The van der Waals surface area contributed by atoms with Crippen molar-refractivity contribution in [3.8, 4) is 0 Å². The maximum atomic E-state index is 12.3. The van der Waals surface area contributed by atoms with Crippen molar-refractivity contribution in [2.45, 2.75) is 51.7 Å². The fourth-order valence-corrected chi connectivity index (χ4v) is 1.93. The van der Waals surface area contributed by atoms with Gasteiger partial charge in [-0.2, -0.15) is 0 Å². The van der Waals surface area contributed by atoms with Crippen molar-refractivity contribution in [1.82, 2.24) is 5.32 Å². The molecule has 5 nitrogen and oxygen atoms in total. The third-order valence-electron chi connectivity index (χ3n) is 4.05. The van der Waals surface area contributed by atoms with Crippen LogP contribution in [0.4, 0.5) is 0 Å². The maximum absolute atomic E-state index is 12.3. The summed E-state index contributed by atoms with van der Waals surface area (Å²) in [5.74, 6) is -2.54. The molecule has 0 spiro atoms. The number of amides is 1. The number of aliphatic hydroxyl groups is 1. The second kappa shape index (κ2) is 5.33. The molecule has 1 aliphatic rings. The van der Waals surface area contributed by atoms with Crippen LogP contribution in [0.5, 0.6) is 0 Å². The Morgan fingerprint density at radius 2 is 1.58 bits per heavy atom. The average molecular weight is 269 g/mol. The molecular weight excluding hydrogens is 246 g/mol. The molecule has 19 heavy (non-hydrogen) atoms. The normalized spacial score (nSPS) is 24.1. The molecule has 3 N–H and O–H groups in total. The minimum absolute atomic E-state index is 0.316. The van der Waals surface area contributed by atoms with E-state index in [1.807, 2.05) is 6.08 Å². The van der Waals surface area contributed by atoms with Crippen molar-refractivity contribution < 1.29 is 19.8 Å². The molecule has 0 aromatic heterocycles. The van der Waals surface area contributed by atoms with E-state index in [9.17, 15) is 14.7 Å². The first-order chi connectivity index (χ1) is 8.56. The van der Waals surface area contributed by atoms with Crippen LogP contribution in [-0.2, 0) is 9.59 Å². The number of rotatable bonds is 4. The van der Waals surface area contributed by atoms with E-state index in [1.165, 1.54) is 0 Å². The average Bonchev–Trinajstić information content (AvgIpc) is 2.26. The van der Waals surface area contributed by atoms with Gasteiger partial charge < -0.3 is 15.5 Å². The van der Waals surface area contributed by atoms with Crippen molar-refractivity contribution >= 4 is 11.9 Å². The van der Waals surface area contributed by atoms with Gasteiger partial charge in [0.2, 0.25) is 5.91 Å². The topological polar surface area (TPSA) is 86.6 Å². The van der Waals surface area contributed by atoms with Crippen LogP contribution >= 0.6 is 0 Å². The Kier molecular flexibility index (Phi) is 4.40. The van der Waals surface area contributed by atoms with Crippen LogP contribution in [0.1, 0.15) is 40.5 Å². The molecule has 1 amide bonds. The monoisotopic (exact) mass is 269 g/mol. The van der Waals surface area contributed by atoms with Gasteiger partial charge in [-0.3, -0.25) is 9.59 Å². The molecule has 0 aromatic rings. The number of allylic oxidation sites excluding steroid dienone is 2. The molecular formula is C14H23NO4. The van der Waals surface area contributed by atoms with Crippen molar-refractivity contribution in [2.24, 2.45) is 11.8 Å². The first-order valence-corrected chi connectivity index (χ1v) is 6.48. The van der Waals surface area contributed by atoms with Gasteiger partial charge in [0.15, 0.2) is 0 Å². The molecule has 2 atom stereocenters. The lowest BCUT2D eigenvalue weighted by Crippen LogP contribution is -2.59. The summed E-state index contributed by atoms with van der Waals surface area (Å²) in [6.07, 6.45) is 4.42. The number of carbonyl (C=O) groups is 2. The van der Waals surface area contributed by atoms with E-state index in [-0.39, 0.29) is 5.91 Å². The van der Waals surface area contributed by atoms with E-state index in [1.54, 1.807) is 33.8 Å². The van der Waals surface area contributed by atoms with Crippen LogP contribution in [0, 0.1) is 11.8 Å². The lowest BCUT2D eigenvalue weighted by Gasteiger charge is -2.39. The molecule has 1 aliphatic carbocycles. The van der Waals surface area contributed by atoms with Crippen molar-refractivity contribution in [3.05, 3.63) is 12.2 Å². The number of nitrogens with one attached hydrogen (secondary N) is 1. The number of carbonyl (C=O) groups excluding carboxylic acids is 1. The Bertz CT molecular complexity index is 393. The number of aliphatic carboxylic acids is 1. The predicted molar refractivity (Wildman–Crippen MR) is 71.5 cm³/mol. The first-order valence-electron chi connectivity index (χ1n) is 6.48. The highest BCUT2D eigenvalue weighted by molar-refractivity contribution is 5.85. The highest BCUT2D eigenvalue weighted by atomic mass is 16.4. The third-order valence-corrected chi connectivity index (χ3v) is 4.05. The second-order valence-corrected chi connectivity index (χ2v) is 6.17. The van der Waals surface area contributed by atoms with E-state index in [0.717, 1.165) is 0 Å². The van der Waals surface area contributed by atoms with Crippen LogP contribution in [0.25, 0.3) is 0 Å². The van der Waals surface area contributed by atoms with Gasteiger partial charge >= 0.3 is 5.97 Å². The molecule has 0 aromatic carbocycles. The fraction of sp³-hybridized carbons (Fsp3) is 0.714. The van der Waals surface area contributed by atoms with Gasteiger partial charge in [-0.25, -0.2) is 0 Å². The maximum Gasteiger partial charge on any atom is 0.307 e. The summed E-state index contributed by atoms with van der Waals surface area (Å²) >= 11 is 0. The standard InChI is InChI=1S/C14H23NO4/c1-13(2,14(3,4)19)15-11(16)9-7-5-6-8-10(9)12(17)18/h5-6,9-10,19H,7-8H2,1-4H3,(H,15,16)(H,17,18)/t9-,10+/m1/s1. The molecule has 0 aliphatic heterocycles. The van der Waals surface area contributed by atoms with Gasteiger partial charge in [0.05, 0.1) is 23.0 Å². The molecule has 5 heteroatoms. The zero-order chi connectivity index (χ0) is 14.8. The predicted octanol–water partition coefficient (Wildman–Crippen LogP) is 1.32. The van der Waals surface area contributed by atoms with Crippen LogP contribution in [0.15, 0.2) is 12.2 Å². The van der Waals surface area contributed by atoms with Crippen LogP contribution in [0.3, 0.4) is 0 Å². The highest BCUT2D eigenvalue weighted by Crippen LogP contribution is 2.28. The summed E-state index contributed by atoms with van der Waals surface area (Å²) in [5, 5.41) is 21.9. The van der Waals surface area contributed by atoms with E-state index >= 15 is 0 Å². The molecule has 0 saturated carbocycles. The number of hydrogen-bond acceptors (Lipinski definition) is 3. The van der Waals surface area contributed by atoms with Gasteiger partial charge in [0.25, 0.3) is 0 Å². The Morgan fingerprint density at radius 3 is 2.00 bits per heavy atom. The Morgan fingerprint density at radius 1 is 1.11 bits per heavy atom. The van der Waals surface area contributed by atoms with Crippen LogP contribution in [-0.4, -0.2) is 33.2 Å². The van der Waals surface area contributed by atoms with E-state index < -0.39 is 28.9 Å². The Balaban J connectivity index is 2.83. The van der Waals surface area contributed by atoms with Gasteiger partial charge in [-0.1, -0.05) is 12.2 Å². The summed E-state index contributed by atoms with van der Waals surface area (Å²) in [5.41, 5.74) is -1.92. The molecule has 0 unspecified atom stereocenters. The van der Waals surface area contributed by atoms with E-state index in [0.29, 0.717) is 12.8 Å². The Hall–Kier alpha value is -1.36. The summed E-state index contributed by atoms with van der Waals surface area (Å²) in [7, 11) is 0. The van der Waals surface area contributed by atoms with Crippen LogP contribution in [0.2, 0.25) is 0 Å². The molecule has 0 heterocycles. The molecule has 108 valence electrons. The third kappa shape index (κ3) is 3.56. The lowest BCUT2D eigenvalue weighted by molar-refractivity contribution is -0.148. The number of carboxylic acids is 1.